The summed E-state index contributed by atoms with van der Waals surface area (Å²) in [5.74, 6) is 0.503. The molecule has 1 N–H and O–H groups in total. The summed E-state index contributed by atoms with van der Waals surface area (Å²) in [5.41, 5.74) is 1.56. The van der Waals surface area contributed by atoms with Gasteiger partial charge < -0.3 is 10.1 Å². The van der Waals surface area contributed by atoms with Crippen LogP contribution in [0.4, 0.5) is 4.39 Å². The number of piperidine rings is 1. The van der Waals surface area contributed by atoms with Gasteiger partial charge in [0.2, 0.25) is 5.91 Å². The van der Waals surface area contributed by atoms with E-state index in [9.17, 15) is 14.0 Å². The maximum Gasteiger partial charge on any atom is 0.237 e. The van der Waals surface area contributed by atoms with Gasteiger partial charge in [0, 0.05) is 11.5 Å². The molecular formula is C24H29FN2O3. The van der Waals surface area contributed by atoms with Crippen LogP contribution >= 0.6 is 0 Å². The lowest BCUT2D eigenvalue weighted by atomic mass is 9.88. The zero-order valence-electron chi connectivity index (χ0n) is 17.7. The van der Waals surface area contributed by atoms with Crippen molar-refractivity contribution < 1.29 is 18.7 Å². The van der Waals surface area contributed by atoms with Crippen molar-refractivity contribution in [3.05, 3.63) is 65.5 Å². The molecule has 3 rings (SSSR count). The Labute approximate surface area is 177 Å². The molecule has 1 saturated heterocycles. The van der Waals surface area contributed by atoms with E-state index in [1.54, 1.807) is 43.5 Å². The van der Waals surface area contributed by atoms with Crippen molar-refractivity contribution in [3.8, 4) is 5.75 Å². The quantitative estimate of drug-likeness (QED) is 0.699. The van der Waals surface area contributed by atoms with Crippen LogP contribution in [0.15, 0.2) is 48.5 Å². The number of halogens is 1. The minimum atomic E-state index is -0.294. The second kappa shape index (κ2) is 9.85. The number of carbonyl (C=O) groups excluding carboxylic acids is 2. The van der Waals surface area contributed by atoms with Crippen molar-refractivity contribution in [1.82, 2.24) is 10.2 Å². The van der Waals surface area contributed by atoms with Crippen molar-refractivity contribution in [2.24, 2.45) is 5.92 Å². The summed E-state index contributed by atoms with van der Waals surface area (Å²) in [4.78, 5) is 27.6. The molecule has 30 heavy (non-hydrogen) atoms. The Bertz CT molecular complexity index is 859. The van der Waals surface area contributed by atoms with E-state index in [1.165, 1.54) is 12.1 Å². The second-order valence-electron chi connectivity index (χ2n) is 7.86. The van der Waals surface area contributed by atoms with Crippen molar-refractivity contribution in [3.63, 3.8) is 0 Å². The lowest BCUT2D eigenvalue weighted by molar-refractivity contribution is -0.127. The summed E-state index contributed by atoms with van der Waals surface area (Å²) in [5, 5.41) is 3.00. The third kappa shape index (κ3) is 5.25. The smallest absolute Gasteiger partial charge is 0.237 e. The van der Waals surface area contributed by atoms with Crippen LogP contribution in [-0.2, 0) is 4.79 Å². The fourth-order valence-electron chi connectivity index (χ4n) is 3.87. The van der Waals surface area contributed by atoms with Crippen LogP contribution in [0.5, 0.6) is 5.75 Å². The van der Waals surface area contributed by atoms with Gasteiger partial charge in [-0.25, -0.2) is 4.39 Å². The number of ketones is 1. The van der Waals surface area contributed by atoms with Crippen molar-refractivity contribution in [2.45, 2.75) is 38.8 Å². The highest BCUT2D eigenvalue weighted by molar-refractivity contribution is 5.98. The number of hydrogen-bond acceptors (Lipinski definition) is 4. The Morgan fingerprint density at radius 3 is 2.20 bits per heavy atom. The highest BCUT2D eigenvalue weighted by Gasteiger charge is 2.30. The number of hydrogen-bond donors (Lipinski definition) is 1. The number of carbonyl (C=O) groups is 2. The molecule has 0 bridgehead atoms. The first kappa shape index (κ1) is 22.0. The SMILES string of the molecule is COc1ccc(C(=O)C2CCN(C(C)C(=O)NC(C)c3ccc(F)cc3)CC2)cc1. The molecule has 0 spiro atoms. The normalized spacial score (nSPS) is 17.2. The molecule has 2 unspecified atom stereocenters. The molecule has 0 saturated carbocycles. The van der Waals surface area contributed by atoms with Gasteiger partial charge in [-0.2, -0.15) is 0 Å². The largest absolute Gasteiger partial charge is 0.497 e. The summed E-state index contributed by atoms with van der Waals surface area (Å²) in [6.07, 6.45) is 1.46. The first-order valence-electron chi connectivity index (χ1n) is 10.4. The molecule has 0 radical (unpaired) electrons. The minimum Gasteiger partial charge on any atom is -0.497 e. The lowest BCUT2D eigenvalue weighted by Gasteiger charge is -2.35. The zero-order chi connectivity index (χ0) is 21.7. The number of likely N-dealkylation sites (tertiary alicyclic amines) is 1. The van der Waals surface area contributed by atoms with Crippen molar-refractivity contribution in [2.75, 3.05) is 20.2 Å². The zero-order valence-corrected chi connectivity index (χ0v) is 17.7. The van der Waals surface area contributed by atoms with Gasteiger partial charge in [-0.1, -0.05) is 12.1 Å². The van der Waals surface area contributed by atoms with Gasteiger partial charge in [-0.15, -0.1) is 0 Å². The highest BCUT2D eigenvalue weighted by Crippen LogP contribution is 2.24. The van der Waals surface area contributed by atoms with E-state index in [0.29, 0.717) is 18.7 Å². The number of nitrogens with zero attached hydrogens (tertiary/aromatic N) is 1. The summed E-state index contributed by atoms with van der Waals surface area (Å²) in [6.45, 7) is 5.17. The van der Waals surface area contributed by atoms with Crippen LogP contribution in [0.25, 0.3) is 0 Å². The van der Waals surface area contributed by atoms with Crippen LogP contribution in [0, 0.1) is 11.7 Å². The van der Waals surface area contributed by atoms with Gasteiger partial charge in [0.15, 0.2) is 5.78 Å². The Morgan fingerprint density at radius 1 is 1.03 bits per heavy atom. The molecule has 0 aliphatic carbocycles. The molecule has 5 nitrogen and oxygen atoms in total. The number of methoxy groups -OCH3 is 1. The van der Waals surface area contributed by atoms with E-state index < -0.39 is 0 Å². The molecule has 1 amide bonds. The average Bonchev–Trinajstić information content (AvgIpc) is 2.78. The summed E-state index contributed by atoms with van der Waals surface area (Å²) in [6, 6.07) is 12.9. The molecule has 2 aromatic rings. The molecule has 1 fully saturated rings. The topological polar surface area (TPSA) is 58.6 Å². The van der Waals surface area contributed by atoms with Crippen LogP contribution < -0.4 is 10.1 Å². The molecule has 6 heteroatoms. The fraction of sp³-hybridized carbons (Fsp3) is 0.417. The Balaban J connectivity index is 1.51. The standard InChI is InChI=1S/C24H29FN2O3/c1-16(18-4-8-21(25)9-5-18)26-24(29)17(2)27-14-12-20(13-15-27)23(28)19-6-10-22(30-3)11-7-19/h4-11,16-17,20H,12-15H2,1-3H3,(H,26,29). The summed E-state index contributed by atoms with van der Waals surface area (Å²) in [7, 11) is 1.60. The van der Waals surface area contributed by atoms with Gasteiger partial charge in [-0.3, -0.25) is 14.5 Å². The number of rotatable bonds is 7. The van der Waals surface area contributed by atoms with E-state index in [0.717, 1.165) is 24.2 Å². The summed E-state index contributed by atoms with van der Waals surface area (Å²) < 4.78 is 18.2. The number of nitrogens with one attached hydrogen (secondary N) is 1. The Kier molecular flexibility index (Phi) is 7.21. The molecule has 2 atom stereocenters. The van der Waals surface area contributed by atoms with Gasteiger partial charge in [-0.05, 0) is 81.7 Å². The predicted molar refractivity (Wildman–Crippen MR) is 114 cm³/mol. The van der Waals surface area contributed by atoms with E-state index in [1.807, 2.05) is 13.8 Å². The average molecular weight is 413 g/mol. The van der Waals surface area contributed by atoms with E-state index in [-0.39, 0.29) is 35.5 Å². The third-order valence-corrected chi connectivity index (χ3v) is 5.93. The van der Waals surface area contributed by atoms with Crippen LogP contribution in [0.1, 0.15) is 48.7 Å². The fourth-order valence-corrected chi connectivity index (χ4v) is 3.87. The molecule has 1 heterocycles. The molecule has 160 valence electrons. The third-order valence-electron chi connectivity index (χ3n) is 5.93. The predicted octanol–water partition coefficient (Wildman–Crippen LogP) is 3.99. The molecule has 1 aliphatic heterocycles. The van der Waals surface area contributed by atoms with Gasteiger partial charge in [0.25, 0.3) is 0 Å². The Hall–Kier alpha value is -2.73. The summed E-state index contributed by atoms with van der Waals surface area (Å²) >= 11 is 0. The lowest BCUT2D eigenvalue weighted by Crippen LogP contribution is -2.49. The van der Waals surface area contributed by atoms with Crippen LogP contribution in [0.2, 0.25) is 0 Å². The molecular weight excluding hydrogens is 383 g/mol. The number of amides is 1. The van der Waals surface area contributed by atoms with E-state index in [4.69, 9.17) is 4.74 Å². The van der Waals surface area contributed by atoms with Crippen LogP contribution in [-0.4, -0.2) is 42.8 Å². The highest BCUT2D eigenvalue weighted by atomic mass is 19.1. The molecule has 2 aromatic carbocycles. The first-order valence-corrected chi connectivity index (χ1v) is 10.4. The van der Waals surface area contributed by atoms with Gasteiger partial charge in [0.1, 0.15) is 11.6 Å². The second-order valence-corrected chi connectivity index (χ2v) is 7.86. The molecule has 0 aromatic heterocycles. The molecule has 1 aliphatic rings. The monoisotopic (exact) mass is 412 g/mol. The first-order chi connectivity index (χ1) is 14.4. The van der Waals surface area contributed by atoms with Gasteiger partial charge >= 0.3 is 0 Å². The number of Topliss-reactive ketones (excluding diaryl/α,β-unsaturated/α-hetero) is 1. The minimum absolute atomic E-state index is 0.0250. The van der Waals surface area contributed by atoms with Gasteiger partial charge in [0.05, 0.1) is 19.2 Å². The number of ether oxygens (including phenoxy) is 1. The van der Waals surface area contributed by atoms with Crippen molar-refractivity contribution in [1.29, 1.82) is 0 Å². The van der Waals surface area contributed by atoms with Crippen LogP contribution in [0.3, 0.4) is 0 Å². The van der Waals surface area contributed by atoms with E-state index >= 15 is 0 Å². The maximum absolute atomic E-state index is 13.1. The van der Waals surface area contributed by atoms with E-state index in [2.05, 4.69) is 10.2 Å². The maximum atomic E-state index is 13.1. The Morgan fingerprint density at radius 2 is 1.63 bits per heavy atom. The number of benzene rings is 2. The van der Waals surface area contributed by atoms with Crippen molar-refractivity contribution >= 4 is 11.7 Å².